The van der Waals surface area contributed by atoms with Crippen molar-refractivity contribution in [3.8, 4) is 5.75 Å². The van der Waals surface area contributed by atoms with Gasteiger partial charge < -0.3 is 4.74 Å². The van der Waals surface area contributed by atoms with Crippen LogP contribution in [0.3, 0.4) is 0 Å². The number of para-hydroxylation sites is 1. The fraction of sp³-hybridized carbons (Fsp3) is 0.143. The second-order valence-electron chi connectivity index (χ2n) is 3.57. The van der Waals surface area contributed by atoms with Gasteiger partial charge >= 0.3 is 0 Å². The van der Waals surface area contributed by atoms with E-state index >= 15 is 0 Å². The highest BCUT2D eigenvalue weighted by molar-refractivity contribution is 5.83. The molecule has 0 bridgehead atoms. The van der Waals surface area contributed by atoms with Crippen molar-refractivity contribution in [1.82, 2.24) is 4.98 Å². The molecular weight excluding hydrogens is 212 g/mol. The van der Waals surface area contributed by atoms with Crippen LogP contribution in [0.2, 0.25) is 0 Å². The SMILES string of the molecule is COc1ccccc1C=NCc1cccnc1. The van der Waals surface area contributed by atoms with Crippen LogP contribution in [0.1, 0.15) is 11.1 Å². The van der Waals surface area contributed by atoms with Crippen LogP contribution in [0.15, 0.2) is 53.8 Å². The Hall–Kier alpha value is -2.16. The molecule has 3 heteroatoms. The van der Waals surface area contributed by atoms with E-state index in [1.165, 1.54) is 0 Å². The average molecular weight is 226 g/mol. The molecule has 0 fully saturated rings. The van der Waals surface area contributed by atoms with E-state index in [0.29, 0.717) is 6.54 Å². The molecule has 0 amide bonds. The van der Waals surface area contributed by atoms with Crippen LogP contribution < -0.4 is 4.74 Å². The summed E-state index contributed by atoms with van der Waals surface area (Å²) in [5, 5.41) is 0. The zero-order chi connectivity index (χ0) is 11.9. The maximum atomic E-state index is 5.24. The maximum absolute atomic E-state index is 5.24. The molecule has 0 saturated carbocycles. The Morgan fingerprint density at radius 2 is 2.12 bits per heavy atom. The summed E-state index contributed by atoms with van der Waals surface area (Å²) in [6.07, 6.45) is 5.40. The summed E-state index contributed by atoms with van der Waals surface area (Å²) in [6.45, 7) is 0.631. The molecule has 0 aliphatic heterocycles. The Labute approximate surface area is 101 Å². The highest BCUT2D eigenvalue weighted by Crippen LogP contribution is 2.14. The lowest BCUT2D eigenvalue weighted by molar-refractivity contribution is 0.414. The van der Waals surface area contributed by atoms with Gasteiger partial charge in [0, 0.05) is 24.2 Å². The first-order chi connectivity index (χ1) is 8.40. The van der Waals surface area contributed by atoms with Crippen LogP contribution >= 0.6 is 0 Å². The van der Waals surface area contributed by atoms with Gasteiger partial charge in [0.1, 0.15) is 5.75 Å². The smallest absolute Gasteiger partial charge is 0.127 e. The quantitative estimate of drug-likeness (QED) is 0.751. The Morgan fingerprint density at radius 1 is 1.24 bits per heavy atom. The van der Waals surface area contributed by atoms with E-state index in [1.54, 1.807) is 13.3 Å². The van der Waals surface area contributed by atoms with Gasteiger partial charge in [0.15, 0.2) is 0 Å². The number of rotatable bonds is 4. The first-order valence-corrected chi connectivity index (χ1v) is 5.42. The minimum absolute atomic E-state index is 0.631. The third-order valence-corrected chi connectivity index (χ3v) is 2.37. The first kappa shape index (κ1) is 11.3. The third kappa shape index (κ3) is 3.14. The number of hydrogen-bond donors (Lipinski definition) is 0. The van der Waals surface area contributed by atoms with Gasteiger partial charge in [-0.25, -0.2) is 0 Å². The fourth-order valence-electron chi connectivity index (χ4n) is 1.51. The summed E-state index contributed by atoms with van der Waals surface area (Å²) in [5.41, 5.74) is 2.08. The number of aromatic nitrogens is 1. The van der Waals surface area contributed by atoms with Gasteiger partial charge in [-0.15, -0.1) is 0 Å². The molecule has 0 N–H and O–H groups in total. The van der Waals surface area contributed by atoms with Gasteiger partial charge in [0.05, 0.1) is 13.7 Å². The zero-order valence-electron chi connectivity index (χ0n) is 9.71. The normalized spacial score (nSPS) is 10.6. The summed E-state index contributed by atoms with van der Waals surface area (Å²) in [7, 11) is 1.66. The summed E-state index contributed by atoms with van der Waals surface area (Å²) in [5.74, 6) is 0.836. The van der Waals surface area contributed by atoms with Gasteiger partial charge in [-0.1, -0.05) is 18.2 Å². The van der Waals surface area contributed by atoms with E-state index in [-0.39, 0.29) is 0 Å². The molecule has 1 aromatic heterocycles. The largest absolute Gasteiger partial charge is 0.496 e. The Morgan fingerprint density at radius 3 is 2.88 bits per heavy atom. The van der Waals surface area contributed by atoms with Gasteiger partial charge in [0.2, 0.25) is 0 Å². The second kappa shape index (κ2) is 5.80. The topological polar surface area (TPSA) is 34.5 Å². The minimum atomic E-state index is 0.631. The van der Waals surface area contributed by atoms with Crippen LogP contribution in [0.4, 0.5) is 0 Å². The monoisotopic (exact) mass is 226 g/mol. The summed E-state index contributed by atoms with van der Waals surface area (Å²) >= 11 is 0. The van der Waals surface area contributed by atoms with Crippen LogP contribution in [0.5, 0.6) is 5.75 Å². The molecular formula is C14H14N2O. The third-order valence-electron chi connectivity index (χ3n) is 2.37. The van der Waals surface area contributed by atoms with Crippen molar-refractivity contribution >= 4 is 6.21 Å². The highest BCUT2D eigenvalue weighted by Gasteiger charge is 1.96. The van der Waals surface area contributed by atoms with Crippen molar-refractivity contribution in [2.45, 2.75) is 6.54 Å². The lowest BCUT2D eigenvalue weighted by atomic mass is 10.2. The number of methoxy groups -OCH3 is 1. The van der Waals surface area contributed by atoms with E-state index in [9.17, 15) is 0 Å². The predicted octanol–water partition coefficient (Wildman–Crippen LogP) is 2.71. The Kier molecular flexibility index (Phi) is 3.86. The van der Waals surface area contributed by atoms with E-state index in [2.05, 4.69) is 9.98 Å². The lowest BCUT2D eigenvalue weighted by Gasteiger charge is -2.02. The molecule has 3 nitrogen and oxygen atoms in total. The Balaban J connectivity index is 2.06. The van der Waals surface area contributed by atoms with Gasteiger partial charge in [-0.2, -0.15) is 0 Å². The molecule has 0 aliphatic rings. The number of aliphatic imine (C=N–C) groups is 1. The van der Waals surface area contributed by atoms with Crippen molar-refractivity contribution in [2.75, 3.05) is 7.11 Å². The molecule has 0 spiro atoms. The van der Waals surface area contributed by atoms with Crippen molar-refractivity contribution < 1.29 is 4.74 Å². The van der Waals surface area contributed by atoms with Crippen molar-refractivity contribution in [3.05, 3.63) is 59.9 Å². The van der Waals surface area contributed by atoms with Gasteiger partial charge in [0.25, 0.3) is 0 Å². The number of pyridine rings is 1. The number of benzene rings is 1. The van der Waals surface area contributed by atoms with Crippen LogP contribution in [0.25, 0.3) is 0 Å². The Bertz CT molecular complexity index is 495. The minimum Gasteiger partial charge on any atom is -0.496 e. The number of hydrogen-bond acceptors (Lipinski definition) is 3. The molecule has 0 atom stereocenters. The molecule has 17 heavy (non-hydrogen) atoms. The zero-order valence-corrected chi connectivity index (χ0v) is 9.71. The standard InChI is InChI=1S/C14H14N2O/c1-17-14-7-3-2-6-13(14)11-16-10-12-5-4-8-15-9-12/h2-9,11H,10H2,1H3. The maximum Gasteiger partial charge on any atom is 0.127 e. The number of nitrogens with zero attached hydrogens (tertiary/aromatic N) is 2. The van der Waals surface area contributed by atoms with Gasteiger partial charge in [-0.05, 0) is 23.8 Å². The van der Waals surface area contributed by atoms with Crippen LogP contribution in [0, 0.1) is 0 Å². The first-order valence-electron chi connectivity index (χ1n) is 5.42. The molecule has 0 aliphatic carbocycles. The molecule has 1 heterocycles. The van der Waals surface area contributed by atoms with E-state index in [4.69, 9.17) is 4.74 Å². The predicted molar refractivity (Wildman–Crippen MR) is 68.5 cm³/mol. The molecule has 2 rings (SSSR count). The van der Waals surface area contributed by atoms with E-state index in [0.717, 1.165) is 16.9 Å². The van der Waals surface area contributed by atoms with Gasteiger partial charge in [-0.3, -0.25) is 9.98 Å². The average Bonchev–Trinajstić information content (AvgIpc) is 2.40. The lowest BCUT2D eigenvalue weighted by Crippen LogP contribution is -1.90. The highest BCUT2D eigenvalue weighted by atomic mass is 16.5. The summed E-state index contributed by atoms with van der Waals surface area (Å²) in [4.78, 5) is 8.42. The molecule has 0 radical (unpaired) electrons. The van der Waals surface area contributed by atoms with Crippen molar-refractivity contribution in [2.24, 2.45) is 4.99 Å². The molecule has 1 aromatic carbocycles. The fourth-order valence-corrected chi connectivity index (χ4v) is 1.51. The van der Waals surface area contributed by atoms with Crippen molar-refractivity contribution in [1.29, 1.82) is 0 Å². The molecule has 86 valence electrons. The number of ether oxygens (including phenoxy) is 1. The van der Waals surface area contributed by atoms with Crippen molar-refractivity contribution in [3.63, 3.8) is 0 Å². The molecule has 2 aromatic rings. The van der Waals surface area contributed by atoms with E-state index < -0.39 is 0 Å². The summed E-state index contributed by atoms with van der Waals surface area (Å²) < 4.78 is 5.24. The van der Waals surface area contributed by atoms with Crippen LogP contribution in [-0.4, -0.2) is 18.3 Å². The van der Waals surface area contributed by atoms with E-state index in [1.807, 2.05) is 48.8 Å². The second-order valence-corrected chi connectivity index (χ2v) is 3.57. The molecule has 0 unspecified atom stereocenters. The molecule has 0 saturated heterocycles. The summed E-state index contributed by atoms with van der Waals surface area (Å²) in [6, 6.07) is 11.7. The van der Waals surface area contributed by atoms with Crippen LogP contribution in [-0.2, 0) is 6.54 Å².